The molecular formula is C32H31BrFO5P. The van der Waals surface area contributed by atoms with Crippen LogP contribution in [0.25, 0.3) is 6.08 Å². The molecule has 0 N–H and O–H groups in total. The molecule has 208 valence electrons. The van der Waals surface area contributed by atoms with Crippen LogP contribution in [0, 0.1) is 5.82 Å². The summed E-state index contributed by atoms with van der Waals surface area (Å²) in [4.78, 5) is 13.2. The van der Waals surface area contributed by atoms with E-state index < -0.39 is 13.2 Å². The topological polar surface area (TPSA) is 54.0 Å². The number of methoxy groups -OCH3 is 4. The second-order valence-electron chi connectivity index (χ2n) is 8.77. The Morgan fingerprint density at radius 1 is 0.650 bits per heavy atom. The Labute approximate surface area is 245 Å². The fourth-order valence-corrected chi connectivity index (χ4v) is 8.69. The summed E-state index contributed by atoms with van der Waals surface area (Å²) in [7, 11) is 3.74. The highest BCUT2D eigenvalue weighted by molar-refractivity contribution is 7.95. The van der Waals surface area contributed by atoms with Gasteiger partial charge in [-0.25, -0.2) is 9.18 Å². The zero-order chi connectivity index (χ0) is 27.8. The number of ether oxygens (including phenoxy) is 4. The lowest BCUT2D eigenvalue weighted by molar-refractivity contribution is -0.135. The van der Waals surface area contributed by atoms with E-state index in [9.17, 15) is 9.18 Å². The molecular weight excluding hydrogens is 594 g/mol. The molecule has 0 radical (unpaired) electrons. The number of hydrogen-bond donors (Lipinski definition) is 0. The summed E-state index contributed by atoms with van der Waals surface area (Å²) >= 11 is 0. The summed E-state index contributed by atoms with van der Waals surface area (Å²) in [5, 5.41) is 3.15. The molecule has 0 atom stereocenters. The lowest BCUT2D eigenvalue weighted by Crippen LogP contribution is -3.00. The minimum absolute atomic E-state index is 0. The number of carbonyl (C=O) groups is 1. The van der Waals surface area contributed by atoms with Crippen LogP contribution in [0.1, 0.15) is 5.56 Å². The number of halogens is 2. The molecule has 4 rings (SSSR count). The number of carbonyl (C=O) groups excluding carboxylic acids is 1. The molecule has 0 aliphatic carbocycles. The average molecular weight is 625 g/mol. The number of benzene rings is 4. The Balaban J connectivity index is 0.00000441. The van der Waals surface area contributed by atoms with Crippen molar-refractivity contribution >= 4 is 35.2 Å². The van der Waals surface area contributed by atoms with Crippen molar-refractivity contribution < 1.29 is 45.1 Å². The minimum atomic E-state index is -2.52. The molecule has 4 aromatic rings. The van der Waals surface area contributed by atoms with Gasteiger partial charge in [0.2, 0.25) is 0 Å². The van der Waals surface area contributed by atoms with E-state index in [0.717, 1.165) is 33.2 Å². The first-order valence-corrected chi connectivity index (χ1v) is 14.3. The average Bonchev–Trinajstić information content (AvgIpc) is 3.00. The van der Waals surface area contributed by atoms with Gasteiger partial charge in [0.25, 0.3) is 0 Å². The van der Waals surface area contributed by atoms with Crippen LogP contribution in [-0.2, 0) is 9.53 Å². The molecule has 0 aliphatic rings. The number of esters is 1. The van der Waals surface area contributed by atoms with Crippen molar-refractivity contribution in [2.75, 3.05) is 34.6 Å². The smallest absolute Gasteiger partial charge is 0.337 e. The van der Waals surface area contributed by atoms with E-state index >= 15 is 0 Å². The van der Waals surface area contributed by atoms with Crippen molar-refractivity contribution in [3.8, 4) is 17.2 Å². The Morgan fingerprint density at radius 3 is 1.35 bits per heavy atom. The zero-order valence-corrected chi connectivity index (χ0v) is 25.2. The highest BCUT2D eigenvalue weighted by atomic mass is 79.9. The molecule has 0 spiro atoms. The third kappa shape index (κ3) is 6.72. The summed E-state index contributed by atoms with van der Waals surface area (Å²) < 4.78 is 35.2. The van der Waals surface area contributed by atoms with E-state index in [2.05, 4.69) is 0 Å². The van der Waals surface area contributed by atoms with E-state index in [-0.39, 0.29) is 22.8 Å². The van der Waals surface area contributed by atoms with Crippen LogP contribution in [0.15, 0.2) is 103 Å². The van der Waals surface area contributed by atoms with Crippen LogP contribution in [0.4, 0.5) is 4.39 Å². The summed E-state index contributed by atoms with van der Waals surface area (Å²) in [6, 6.07) is 29.9. The second-order valence-corrected chi connectivity index (χ2v) is 12.3. The Kier molecular flexibility index (Phi) is 10.9. The van der Waals surface area contributed by atoms with Gasteiger partial charge in [0.15, 0.2) is 0 Å². The largest absolute Gasteiger partial charge is 1.00 e. The van der Waals surface area contributed by atoms with E-state index in [1.807, 2.05) is 72.8 Å². The van der Waals surface area contributed by atoms with Gasteiger partial charge in [0, 0.05) is 0 Å². The second kappa shape index (κ2) is 14.1. The maximum Gasteiger partial charge on any atom is 0.337 e. The molecule has 0 fully saturated rings. The van der Waals surface area contributed by atoms with Gasteiger partial charge in [-0.05, 0) is 96.6 Å². The third-order valence-electron chi connectivity index (χ3n) is 6.61. The van der Waals surface area contributed by atoms with Gasteiger partial charge in [-0.2, -0.15) is 0 Å². The van der Waals surface area contributed by atoms with Gasteiger partial charge >= 0.3 is 5.97 Å². The van der Waals surface area contributed by atoms with Gasteiger partial charge in [-0.3, -0.25) is 0 Å². The van der Waals surface area contributed by atoms with Crippen molar-refractivity contribution in [2.24, 2.45) is 0 Å². The van der Waals surface area contributed by atoms with Gasteiger partial charge < -0.3 is 35.9 Å². The zero-order valence-electron chi connectivity index (χ0n) is 22.8. The van der Waals surface area contributed by atoms with Gasteiger partial charge in [-0.1, -0.05) is 12.1 Å². The molecule has 5 nitrogen and oxygen atoms in total. The highest BCUT2D eigenvalue weighted by Crippen LogP contribution is 2.57. The Bertz CT molecular complexity index is 1300. The van der Waals surface area contributed by atoms with E-state index in [1.165, 1.54) is 19.2 Å². The summed E-state index contributed by atoms with van der Waals surface area (Å²) in [5.74, 6) is 1.41. The van der Waals surface area contributed by atoms with Gasteiger partial charge in [0.1, 0.15) is 52.4 Å². The quantitative estimate of drug-likeness (QED) is 0.154. The normalized spacial score (nSPS) is 11.3. The molecule has 0 unspecified atom stereocenters. The highest BCUT2D eigenvalue weighted by Gasteiger charge is 2.47. The van der Waals surface area contributed by atoms with Crippen LogP contribution >= 0.6 is 7.26 Å². The molecule has 0 bridgehead atoms. The molecule has 0 heterocycles. The first kappa shape index (κ1) is 30.9. The van der Waals surface area contributed by atoms with Crippen molar-refractivity contribution in [3.05, 3.63) is 114 Å². The maximum absolute atomic E-state index is 13.6. The van der Waals surface area contributed by atoms with Crippen LogP contribution < -0.4 is 47.1 Å². The Hall–Kier alpha value is -3.67. The lowest BCUT2D eigenvalue weighted by atomic mass is 10.1. The van der Waals surface area contributed by atoms with Crippen LogP contribution in [0.2, 0.25) is 0 Å². The first-order chi connectivity index (χ1) is 18.9. The van der Waals surface area contributed by atoms with Gasteiger partial charge in [-0.15, -0.1) is 0 Å². The number of hydrogen-bond acceptors (Lipinski definition) is 5. The molecule has 40 heavy (non-hydrogen) atoms. The van der Waals surface area contributed by atoms with Crippen molar-refractivity contribution in [2.45, 2.75) is 0 Å². The third-order valence-corrected chi connectivity index (χ3v) is 11.0. The van der Waals surface area contributed by atoms with E-state index in [0.29, 0.717) is 17.3 Å². The van der Waals surface area contributed by atoms with Gasteiger partial charge in [0.05, 0.1) is 34.0 Å². The lowest BCUT2D eigenvalue weighted by Gasteiger charge is -2.28. The first-order valence-electron chi connectivity index (χ1n) is 12.3. The Morgan fingerprint density at radius 2 is 1.02 bits per heavy atom. The monoisotopic (exact) mass is 624 g/mol. The predicted molar refractivity (Wildman–Crippen MR) is 156 cm³/mol. The van der Waals surface area contributed by atoms with Crippen molar-refractivity contribution in [1.82, 2.24) is 0 Å². The standard InChI is InChI=1S/C32H31FO5P.BrH/c1-35-26-9-15-29(16-10-26)39(30-17-11-27(36-2)12-18-30,31-19-13-28(37-3)14-20-31)22-24(32(34)38-4)21-23-5-7-25(33)8-6-23;/h5-21H,22H2,1-4H3;1H/q+1;/p-1/b24-21+;. The van der Waals surface area contributed by atoms with Crippen LogP contribution in [0.5, 0.6) is 17.2 Å². The van der Waals surface area contributed by atoms with Crippen LogP contribution in [0.3, 0.4) is 0 Å². The molecule has 0 aromatic heterocycles. The molecule has 4 aromatic carbocycles. The minimum Gasteiger partial charge on any atom is -1.00 e. The summed E-state index contributed by atoms with van der Waals surface area (Å²) in [6.45, 7) is 0. The summed E-state index contributed by atoms with van der Waals surface area (Å²) in [5.41, 5.74) is 1.17. The SMILES string of the molecule is COC(=O)/C(=C/c1ccc(F)cc1)C[P+](c1ccc(OC)cc1)(c1ccc(OC)cc1)c1ccc(OC)cc1.[Br-]. The summed E-state index contributed by atoms with van der Waals surface area (Å²) in [6.07, 6.45) is 2.14. The molecule has 0 amide bonds. The van der Waals surface area contributed by atoms with Crippen molar-refractivity contribution in [3.63, 3.8) is 0 Å². The van der Waals surface area contributed by atoms with Crippen LogP contribution in [-0.4, -0.2) is 40.6 Å². The fourth-order valence-electron chi connectivity index (χ4n) is 4.55. The molecule has 0 aliphatic heterocycles. The fraction of sp³-hybridized carbons (Fsp3) is 0.156. The molecule has 0 saturated heterocycles. The molecule has 0 saturated carbocycles. The van der Waals surface area contributed by atoms with Crippen molar-refractivity contribution in [1.29, 1.82) is 0 Å². The predicted octanol–water partition coefficient (Wildman–Crippen LogP) is 2.41. The molecule has 8 heteroatoms. The maximum atomic E-state index is 13.6. The van der Waals surface area contributed by atoms with E-state index in [4.69, 9.17) is 18.9 Å². The number of rotatable bonds is 10. The van der Waals surface area contributed by atoms with E-state index in [1.54, 1.807) is 39.5 Å².